The summed E-state index contributed by atoms with van der Waals surface area (Å²) >= 11 is 1.75. The van der Waals surface area contributed by atoms with Gasteiger partial charge in [0.1, 0.15) is 12.4 Å². The van der Waals surface area contributed by atoms with Crippen LogP contribution in [0.5, 0.6) is 0 Å². The third-order valence-electron chi connectivity index (χ3n) is 4.98. The lowest BCUT2D eigenvalue weighted by Gasteiger charge is -2.24. The third-order valence-corrected chi connectivity index (χ3v) is 5.86. The molecule has 1 aliphatic rings. The van der Waals surface area contributed by atoms with Gasteiger partial charge >= 0.3 is 0 Å². The molecule has 0 aliphatic carbocycles. The van der Waals surface area contributed by atoms with E-state index in [-0.39, 0.29) is 0 Å². The van der Waals surface area contributed by atoms with Gasteiger partial charge in [-0.05, 0) is 44.3 Å². The quantitative estimate of drug-likeness (QED) is 0.571. The van der Waals surface area contributed by atoms with Crippen molar-refractivity contribution < 1.29 is 0 Å². The molecule has 2 aromatic heterocycles. The van der Waals surface area contributed by atoms with Crippen LogP contribution >= 0.6 is 11.3 Å². The molecule has 2 aromatic rings. The summed E-state index contributed by atoms with van der Waals surface area (Å²) in [6.45, 7) is 8.72. The van der Waals surface area contributed by atoms with Crippen molar-refractivity contribution in [3.05, 3.63) is 34.0 Å². The first-order valence-corrected chi connectivity index (χ1v) is 10.2. The Labute approximate surface area is 159 Å². The molecule has 0 aromatic carbocycles. The van der Waals surface area contributed by atoms with Gasteiger partial charge in [-0.25, -0.2) is 4.99 Å². The topological polar surface area (TPSA) is 70.4 Å². The SMILES string of the molecule is CCN1CCCC1CNC(=NCc1nnc(C)n1C)NCc1cccs1. The van der Waals surface area contributed by atoms with Gasteiger partial charge in [-0.3, -0.25) is 4.90 Å². The van der Waals surface area contributed by atoms with Gasteiger partial charge in [0, 0.05) is 24.5 Å². The molecule has 2 N–H and O–H groups in total. The van der Waals surface area contributed by atoms with Gasteiger partial charge in [0.2, 0.25) is 0 Å². The van der Waals surface area contributed by atoms with E-state index in [2.05, 4.69) is 50.2 Å². The predicted octanol–water partition coefficient (Wildman–Crippen LogP) is 1.90. The van der Waals surface area contributed by atoms with E-state index in [1.54, 1.807) is 11.3 Å². The molecule has 0 spiro atoms. The molecular formula is C18H29N7S. The molecule has 1 saturated heterocycles. The van der Waals surface area contributed by atoms with Crippen LogP contribution in [-0.4, -0.2) is 51.3 Å². The summed E-state index contributed by atoms with van der Waals surface area (Å²) in [5.74, 6) is 2.61. The molecule has 3 rings (SSSR count). The van der Waals surface area contributed by atoms with Gasteiger partial charge in [0.05, 0.1) is 6.54 Å². The van der Waals surface area contributed by atoms with Crippen LogP contribution in [0.3, 0.4) is 0 Å². The number of likely N-dealkylation sites (tertiary alicyclic amines) is 1. The molecule has 26 heavy (non-hydrogen) atoms. The van der Waals surface area contributed by atoms with E-state index in [9.17, 15) is 0 Å². The summed E-state index contributed by atoms with van der Waals surface area (Å²) in [6.07, 6.45) is 2.54. The fourth-order valence-electron chi connectivity index (χ4n) is 3.25. The minimum Gasteiger partial charge on any atom is -0.355 e. The van der Waals surface area contributed by atoms with Gasteiger partial charge in [-0.1, -0.05) is 13.0 Å². The maximum absolute atomic E-state index is 4.74. The fraction of sp³-hybridized carbons (Fsp3) is 0.611. The van der Waals surface area contributed by atoms with Gasteiger partial charge in [-0.2, -0.15) is 0 Å². The number of rotatable bonds is 7. The Morgan fingerprint density at radius 3 is 2.96 bits per heavy atom. The lowest BCUT2D eigenvalue weighted by Crippen LogP contribution is -2.44. The number of aromatic nitrogens is 3. The van der Waals surface area contributed by atoms with Crippen molar-refractivity contribution >= 4 is 17.3 Å². The number of hydrogen-bond acceptors (Lipinski definition) is 5. The van der Waals surface area contributed by atoms with Crippen LogP contribution < -0.4 is 10.6 Å². The largest absolute Gasteiger partial charge is 0.355 e. The lowest BCUT2D eigenvalue weighted by atomic mass is 10.2. The Hall–Kier alpha value is -1.93. The van der Waals surface area contributed by atoms with Gasteiger partial charge < -0.3 is 15.2 Å². The number of aryl methyl sites for hydroxylation is 1. The molecule has 0 radical (unpaired) electrons. The van der Waals surface area contributed by atoms with Crippen molar-refractivity contribution in [2.75, 3.05) is 19.6 Å². The first-order chi connectivity index (χ1) is 12.7. The Morgan fingerprint density at radius 2 is 2.27 bits per heavy atom. The second-order valence-electron chi connectivity index (χ2n) is 6.63. The van der Waals surface area contributed by atoms with Crippen molar-refractivity contribution in [1.82, 2.24) is 30.3 Å². The molecule has 0 bridgehead atoms. The monoisotopic (exact) mass is 375 g/mol. The van der Waals surface area contributed by atoms with Crippen LogP contribution in [0.25, 0.3) is 0 Å². The summed E-state index contributed by atoms with van der Waals surface area (Å²) in [6, 6.07) is 4.80. The fourth-order valence-corrected chi connectivity index (χ4v) is 3.90. The highest BCUT2D eigenvalue weighted by molar-refractivity contribution is 7.09. The van der Waals surface area contributed by atoms with Crippen LogP contribution in [0.1, 0.15) is 36.3 Å². The predicted molar refractivity (Wildman–Crippen MR) is 106 cm³/mol. The van der Waals surface area contributed by atoms with Crippen LogP contribution in [0.15, 0.2) is 22.5 Å². The van der Waals surface area contributed by atoms with E-state index in [0.717, 1.165) is 37.2 Å². The van der Waals surface area contributed by atoms with Crippen molar-refractivity contribution in [3.63, 3.8) is 0 Å². The molecule has 1 fully saturated rings. The van der Waals surface area contributed by atoms with Crippen molar-refractivity contribution in [2.45, 2.75) is 45.8 Å². The van der Waals surface area contributed by atoms with E-state index in [1.807, 2.05) is 18.5 Å². The first-order valence-electron chi connectivity index (χ1n) is 9.31. The summed E-state index contributed by atoms with van der Waals surface area (Å²) in [5, 5.41) is 17.4. The summed E-state index contributed by atoms with van der Waals surface area (Å²) < 4.78 is 1.98. The Kier molecular flexibility index (Phi) is 6.62. The highest BCUT2D eigenvalue weighted by Gasteiger charge is 2.22. The second kappa shape index (κ2) is 9.14. The van der Waals surface area contributed by atoms with E-state index >= 15 is 0 Å². The van der Waals surface area contributed by atoms with Crippen molar-refractivity contribution in [2.24, 2.45) is 12.0 Å². The Morgan fingerprint density at radius 1 is 1.38 bits per heavy atom. The average molecular weight is 376 g/mol. The van der Waals surface area contributed by atoms with Gasteiger partial charge in [0.15, 0.2) is 11.8 Å². The van der Waals surface area contributed by atoms with Gasteiger partial charge in [-0.15, -0.1) is 21.5 Å². The van der Waals surface area contributed by atoms with E-state index in [4.69, 9.17) is 4.99 Å². The molecule has 1 aliphatic heterocycles. The van der Waals surface area contributed by atoms with E-state index in [1.165, 1.54) is 24.3 Å². The molecule has 1 atom stereocenters. The lowest BCUT2D eigenvalue weighted by molar-refractivity contribution is 0.267. The number of nitrogens with zero attached hydrogens (tertiary/aromatic N) is 5. The minimum atomic E-state index is 0.513. The van der Waals surface area contributed by atoms with Crippen molar-refractivity contribution in [3.8, 4) is 0 Å². The maximum Gasteiger partial charge on any atom is 0.192 e. The van der Waals surface area contributed by atoms with Crippen LogP contribution in [0.4, 0.5) is 0 Å². The zero-order chi connectivity index (χ0) is 18.4. The number of nitrogens with one attached hydrogen (secondary N) is 2. The number of thiophene rings is 1. The zero-order valence-electron chi connectivity index (χ0n) is 15.9. The molecule has 0 saturated carbocycles. The summed E-state index contributed by atoms with van der Waals surface area (Å²) in [5.41, 5.74) is 0. The summed E-state index contributed by atoms with van der Waals surface area (Å²) in [4.78, 5) is 8.57. The van der Waals surface area contributed by atoms with E-state index < -0.39 is 0 Å². The third kappa shape index (κ3) is 4.82. The van der Waals surface area contributed by atoms with Crippen LogP contribution in [0.2, 0.25) is 0 Å². The Bertz CT molecular complexity index is 707. The number of aliphatic imine (C=N–C) groups is 1. The molecule has 7 nitrogen and oxygen atoms in total. The van der Waals surface area contributed by atoms with Crippen molar-refractivity contribution in [1.29, 1.82) is 0 Å². The Balaban J connectivity index is 1.62. The van der Waals surface area contributed by atoms with Crippen LogP contribution in [-0.2, 0) is 20.1 Å². The highest BCUT2D eigenvalue weighted by atomic mass is 32.1. The van der Waals surface area contributed by atoms with E-state index in [0.29, 0.717) is 12.6 Å². The normalized spacial score (nSPS) is 18.4. The minimum absolute atomic E-state index is 0.513. The molecule has 8 heteroatoms. The van der Waals surface area contributed by atoms with Gasteiger partial charge in [0.25, 0.3) is 0 Å². The highest BCUT2D eigenvalue weighted by Crippen LogP contribution is 2.15. The number of likely N-dealkylation sites (N-methyl/N-ethyl adjacent to an activating group) is 1. The molecular weight excluding hydrogens is 346 g/mol. The first kappa shape index (κ1) is 18.8. The standard InChI is InChI=1S/C18H29N7S/c1-4-25-9-5-7-15(25)11-19-18(20-12-16-8-6-10-26-16)21-13-17-23-22-14(2)24(17)3/h6,8,10,15H,4-5,7,9,11-13H2,1-3H3,(H2,19,20,21). The van der Waals surface area contributed by atoms with Crippen LogP contribution in [0, 0.1) is 6.92 Å². The maximum atomic E-state index is 4.74. The molecule has 3 heterocycles. The molecule has 0 amide bonds. The average Bonchev–Trinajstić information content (AvgIpc) is 3.38. The number of guanidine groups is 1. The molecule has 1 unspecified atom stereocenters. The zero-order valence-corrected chi connectivity index (χ0v) is 16.7. The summed E-state index contributed by atoms with van der Waals surface area (Å²) in [7, 11) is 1.98. The second-order valence-corrected chi connectivity index (χ2v) is 7.66. The number of hydrogen-bond donors (Lipinski definition) is 2. The smallest absolute Gasteiger partial charge is 0.192 e. The molecule has 142 valence electrons.